The Labute approximate surface area is 183 Å². The van der Waals surface area contributed by atoms with Gasteiger partial charge in [0.1, 0.15) is 17.0 Å². The van der Waals surface area contributed by atoms with Gasteiger partial charge in [-0.1, -0.05) is 19.1 Å². The Balaban J connectivity index is 1.51. The number of carbonyl (C=O) groups is 1. The summed E-state index contributed by atoms with van der Waals surface area (Å²) in [7, 11) is 0. The maximum atomic E-state index is 13.2. The molecule has 0 aromatic carbocycles. The van der Waals surface area contributed by atoms with Crippen molar-refractivity contribution in [3.63, 3.8) is 0 Å². The van der Waals surface area contributed by atoms with Crippen molar-refractivity contribution in [2.75, 3.05) is 23.3 Å². The molecule has 4 rings (SSSR count). The van der Waals surface area contributed by atoms with Crippen LogP contribution in [0.3, 0.4) is 0 Å². The van der Waals surface area contributed by atoms with Gasteiger partial charge in [0.05, 0.1) is 0 Å². The number of halogens is 3. The van der Waals surface area contributed by atoms with Crippen molar-refractivity contribution >= 4 is 28.6 Å². The number of nitrogens with one attached hydrogen (secondary N) is 2. The lowest BCUT2D eigenvalue weighted by Crippen LogP contribution is -2.36. The van der Waals surface area contributed by atoms with Gasteiger partial charge in [0.15, 0.2) is 5.82 Å². The number of anilines is 2. The Bertz CT molecular complexity index is 1110. The zero-order valence-electron chi connectivity index (χ0n) is 17.5. The van der Waals surface area contributed by atoms with E-state index in [1.165, 1.54) is 6.07 Å². The van der Waals surface area contributed by atoms with Crippen molar-refractivity contribution < 1.29 is 18.0 Å². The van der Waals surface area contributed by atoms with Crippen molar-refractivity contribution in [2.45, 2.75) is 32.5 Å². The quantitative estimate of drug-likeness (QED) is 0.615. The number of hydrogen-bond acceptors (Lipinski definition) is 5. The molecule has 0 radical (unpaired) electrons. The molecule has 3 aromatic rings. The van der Waals surface area contributed by atoms with Gasteiger partial charge < -0.3 is 10.2 Å². The van der Waals surface area contributed by atoms with Gasteiger partial charge in [-0.25, -0.2) is 14.8 Å². The minimum Gasteiger partial charge on any atom is -0.356 e. The lowest BCUT2D eigenvalue weighted by Gasteiger charge is -2.33. The van der Waals surface area contributed by atoms with Crippen LogP contribution in [0.15, 0.2) is 42.7 Å². The molecule has 168 valence electrons. The largest absolute Gasteiger partial charge is 0.433 e. The molecule has 4 heterocycles. The van der Waals surface area contributed by atoms with E-state index in [2.05, 4.69) is 32.5 Å². The topological polar surface area (TPSA) is 83.0 Å². The summed E-state index contributed by atoms with van der Waals surface area (Å²) < 4.78 is 39.7. The van der Waals surface area contributed by atoms with Crippen molar-refractivity contribution in [3.05, 3.63) is 54.0 Å². The van der Waals surface area contributed by atoms with E-state index in [-0.39, 0.29) is 12.4 Å². The highest BCUT2D eigenvalue weighted by molar-refractivity contribution is 5.97. The zero-order valence-corrected chi connectivity index (χ0v) is 17.5. The molecule has 1 fully saturated rings. The molecule has 0 saturated carbocycles. The fourth-order valence-electron chi connectivity index (χ4n) is 3.69. The lowest BCUT2D eigenvalue weighted by molar-refractivity contribution is -0.141. The predicted molar refractivity (Wildman–Crippen MR) is 115 cm³/mol. The molecule has 3 aromatic heterocycles. The maximum absolute atomic E-state index is 13.2. The fourth-order valence-corrected chi connectivity index (χ4v) is 3.69. The Morgan fingerprint density at radius 2 is 1.91 bits per heavy atom. The van der Waals surface area contributed by atoms with Gasteiger partial charge in [0.25, 0.3) is 0 Å². The van der Waals surface area contributed by atoms with Crippen LogP contribution in [0.2, 0.25) is 0 Å². The van der Waals surface area contributed by atoms with E-state index in [0.717, 1.165) is 24.3 Å². The van der Waals surface area contributed by atoms with Crippen molar-refractivity contribution in [1.29, 1.82) is 0 Å². The molecule has 1 saturated heterocycles. The van der Waals surface area contributed by atoms with E-state index in [0.29, 0.717) is 35.9 Å². The van der Waals surface area contributed by atoms with Crippen LogP contribution in [0.1, 0.15) is 31.0 Å². The fraction of sp³-hybridized carbons (Fsp3) is 0.364. The zero-order chi connectivity index (χ0) is 22.7. The van der Waals surface area contributed by atoms with Crippen LogP contribution >= 0.6 is 0 Å². The maximum Gasteiger partial charge on any atom is 0.433 e. The molecule has 2 N–H and O–H groups in total. The Hall–Kier alpha value is -3.43. The highest BCUT2D eigenvalue weighted by Crippen LogP contribution is 2.32. The third-order valence-electron chi connectivity index (χ3n) is 5.52. The molecular formula is C22H23F3N6O. The first-order valence-corrected chi connectivity index (χ1v) is 10.4. The second-order valence-corrected chi connectivity index (χ2v) is 7.89. The summed E-state index contributed by atoms with van der Waals surface area (Å²) in [5, 5.41) is 6.18. The lowest BCUT2D eigenvalue weighted by atomic mass is 9.99. The molecule has 10 heteroatoms. The van der Waals surface area contributed by atoms with Crippen LogP contribution < -0.4 is 15.5 Å². The van der Waals surface area contributed by atoms with E-state index in [1.807, 2.05) is 11.0 Å². The monoisotopic (exact) mass is 444 g/mol. The van der Waals surface area contributed by atoms with E-state index in [4.69, 9.17) is 0 Å². The van der Waals surface area contributed by atoms with Crippen LogP contribution in [0, 0.1) is 5.92 Å². The van der Waals surface area contributed by atoms with E-state index in [9.17, 15) is 18.0 Å². The average Bonchev–Trinajstić information content (AvgIpc) is 2.78. The average molecular weight is 444 g/mol. The van der Waals surface area contributed by atoms with Gasteiger partial charge in [-0.2, -0.15) is 13.2 Å². The first kappa shape index (κ1) is 21.8. The third kappa shape index (κ3) is 4.90. The van der Waals surface area contributed by atoms with Crippen LogP contribution in [-0.4, -0.2) is 34.1 Å². The number of carbonyl (C=O) groups excluding carboxylic acids is 1. The highest BCUT2D eigenvalue weighted by atomic mass is 19.4. The third-order valence-corrected chi connectivity index (χ3v) is 5.52. The molecule has 0 bridgehead atoms. The van der Waals surface area contributed by atoms with E-state index < -0.39 is 17.9 Å². The van der Waals surface area contributed by atoms with Gasteiger partial charge >= 0.3 is 12.2 Å². The Kier molecular flexibility index (Phi) is 6.11. The molecule has 7 nitrogen and oxygen atoms in total. The number of alkyl halides is 3. The summed E-state index contributed by atoms with van der Waals surface area (Å²) >= 11 is 0. The normalized spacial score (nSPS) is 15.1. The summed E-state index contributed by atoms with van der Waals surface area (Å²) in [6.07, 6.45) is 0.395. The second kappa shape index (κ2) is 8.97. The second-order valence-electron chi connectivity index (χ2n) is 7.89. The van der Waals surface area contributed by atoms with Crippen LogP contribution in [0.25, 0.3) is 10.9 Å². The molecular weight excluding hydrogens is 421 g/mol. The van der Waals surface area contributed by atoms with Crippen LogP contribution in [0.5, 0.6) is 0 Å². The van der Waals surface area contributed by atoms with Gasteiger partial charge in [-0.05, 0) is 37.0 Å². The molecule has 2 amide bonds. The molecule has 1 aliphatic heterocycles. The number of fused-ring (bicyclic) bond motifs is 1. The van der Waals surface area contributed by atoms with E-state index >= 15 is 0 Å². The standard InChI is InChI=1S/C22H23F3N6O/c1-14-7-11-31(12-8-14)20-16(4-5-17(29-20)22(23,24)25)13-28-21(32)30-19-18-15(6-10-27-19)3-2-9-26-18/h2-6,9-10,14H,7-8,11-13H2,1H3,(H2,27,28,30,32). The molecule has 0 spiro atoms. The molecule has 0 atom stereocenters. The summed E-state index contributed by atoms with van der Waals surface area (Å²) in [6.45, 7) is 3.40. The van der Waals surface area contributed by atoms with Gasteiger partial charge in [-0.3, -0.25) is 10.3 Å². The van der Waals surface area contributed by atoms with Crippen molar-refractivity contribution in [1.82, 2.24) is 20.3 Å². The summed E-state index contributed by atoms with van der Waals surface area (Å²) in [6, 6.07) is 7.21. The summed E-state index contributed by atoms with van der Waals surface area (Å²) in [5.74, 6) is 1.08. The van der Waals surface area contributed by atoms with E-state index in [1.54, 1.807) is 24.5 Å². The van der Waals surface area contributed by atoms with Gasteiger partial charge in [-0.15, -0.1) is 0 Å². The summed E-state index contributed by atoms with van der Waals surface area (Å²) in [5.41, 5.74) is 0.126. The van der Waals surface area contributed by atoms with Crippen molar-refractivity contribution in [3.8, 4) is 0 Å². The number of nitrogens with zero attached hydrogens (tertiary/aromatic N) is 4. The number of aromatic nitrogens is 3. The number of urea groups is 1. The highest BCUT2D eigenvalue weighted by Gasteiger charge is 2.34. The molecule has 0 unspecified atom stereocenters. The number of rotatable bonds is 4. The number of hydrogen-bond donors (Lipinski definition) is 2. The summed E-state index contributed by atoms with van der Waals surface area (Å²) in [4.78, 5) is 26.6. The minimum atomic E-state index is -4.53. The number of piperidine rings is 1. The smallest absolute Gasteiger partial charge is 0.356 e. The first-order valence-electron chi connectivity index (χ1n) is 10.4. The van der Waals surface area contributed by atoms with Crippen LogP contribution in [-0.2, 0) is 12.7 Å². The van der Waals surface area contributed by atoms with Gasteiger partial charge in [0, 0.05) is 43.0 Å². The first-order chi connectivity index (χ1) is 15.3. The number of pyridine rings is 3. The molecule has 32 heavy (non-hydrogen) atoms. The number of amides is 2. The Morgan fingerprint density at radius 1 is 1.12 bits per heavy atom. The van der Waals surface area contributed by atoms with Gasteiger partial charge in [0.2, 0.25) is 0 Å². The minimum absolute atomic E-state index is 0.0244. The van der Waals surface area contributed by atoms with Crippen molar-refractivity contribution in [2.24, 2.45) is 5.92 Å². The SMILES string of the molecule is CC1CCN(c2nc(C(F)(F)F)ccc2CNC(=O)Nc2nccc3cccnc23)CC1. The molecule has 1 aliphatic rings. The van der Waals surface area contributed by atoms with Crippen LogP contribution in [0.4, 0.5) is 29.6 Å². The predicted octanol–water partition coefficient (Wildman–Crippen LogP) is 4.60. The Morgan fingerprint density at radius 3 is 2.66 bits per heavy atom. The molecule has 0 aliphatic carbocycles.